The highest BCUT2D eigenvalue weighted by Gasteiger charge is 2.25. The predicted molar refractivity (Wildman–Crippen MR) is 56.8 cm³/mol. The molecule has 0 atom stereocenters. The Labute approximate surface area is 88.7 Å². The van der Waals surface area contributed by atoms with Gasteiger partial charge < -0.3 is 0 Å². The summed E-state index contributed by atoms with van der Waals surface area (Å²) in [6.07, 6.45) is 3.28. The number of carbonyl (C=O) groups is 1. The van der Waals surface area contributed by atoms with Crippen LogP contribution in [0.1, 0.15) is 19.8 Å². The highest BCUT2D eigenvalue weighted by Crippen LogP contribution is 2.22. The van der Waals surface area contributed by atoms with Gasteiger partial charge in [-0.3, -0.25) is 9.35 Å². The number of allylic oxidation sites excluding steroid dienone is 5. The summed E-state index contributed by atoms with van der Waals surface area (Å²) in [5.41, 5.74) is 1.71. The Hall–Kier alpha value is -1.20. The van der Waals surface area contributed by atoms with E-state index in [1.165, 1.54) is 0 Å². The van der Waals surface area contributed by atoms with Crippen molar-refractivity contribution in [2.45, 2.75) is 19.8 Å². The third-order valence-electron chi connectivity index (χ3n) is 1.94. The highest BCUT2D eigenvalue weighted by molar-refractivity contribution is 7.90. The maximum absolute atomic E-state index is 11.4. The van der Waals surface area contributed by atoms with Gasteiger partial charge in [0.1, 0.15) is 4.91 Å². The molecule has 4 nitrogen and oxygen atoms in total. The predicted octanol–water partition coefficient (Wildman–Crippen LogP) is 1.62. The maximum atomic E-state index is 11.4. The van der Waals surface area contributed by atoms with Gasteiger partial charge in [0, 0.05) is 6.42 Å². The molecule has 0 heterocycles. The van der Waals surface area contributed by atoms with Crippen molar-refractivity contribution in [1.29, 1.82) is 0 Å². The molecule has 0 amide bonds. The lowest BCUT2D eigenvalue weighted by atomic mass is 9.98. The van der Waals surface area contributed by atoms with Crippen LogP contribution in [-0.4, -0.2) is 18.8 Å². The van der Waals surface area contributed by atoms with Crippen molar-refractivity contribution in [3.63, 3.8) is 0 Å². The minimum absolute atomic E-state index is 0.0263. The fourth-order valence-corrected chi connectivity index (χ4v) is 1.98. The standard InChI is InChI=1S/C10H12O4S/c1-7(2)5-8-3-4-10(9(11)6-8)15(12,13)14/h3-4H,1,5-6H2,2H3,(H,12,13,14). The molecule has 0 aromatic carbocycles. The molecule has 15 heavy (non-hydrogen) atoms. The molecule has 0 fully saturated rings. The SMILES string of the molecule is C=C(C)CC1=CC=C(S(=O)(=O)O)C(=O)C1. The second-order valence-corrected chi connectivity index (χ2v) is 4.95. The van der Waals surface area contributed by atoms with Gasteiger partial charge in [0.05, 0.1) is 0 Å². The molecule has 1 aliphatic carbocycles. The molecule has 0 aliphatic heterocycles. The molecular weight excluding hydrogens is 216 g/mol. The zero-order valence-electron chi connectivity index (χ0n) is 8.36. The Morgan fingerprint density at radius 1 is 1.53 bits per heavy atom. The minimum Gasteiger partial charge on any atom is -0.293 e. The molecule has 0 saturated carbocycles. The van der Waals surface area contributed by atoms with Crippen molar-refractivity contribution in [3.05, 3.63) is 34.8 Å². The Morgan fingerprint density at radius 2 is 2.13 bits per heavy atom. The van der Waals surface area contributed by atoms with Crippen LogP contribution in [-0.2, 0) is 14.9 Å². The minimum atomic E-state index is -4.38. The monoisotopic (exact) mass is 228 g/mol. The van der Waals surface area contributed by atoms with E-state index in [0.717, 1.165) is 17.2 Å². The lowest BCUT2D eigenvalue weighted by Gasteiger charge is -2.11. The normalized spacial score (nSPS) is 17.1. The molecule has 82 valence electrons. The third kappa shape index (κ3) is 3.14. The van der Waals surface area contributed by atoms with E-state index in [2.05, 4.69) is 6.58 Å². The average molecular weight is 228 g/mol. The van der Waals surface area contributed by atoms with Crippen molar-refractivity contribution < 1.29 is 17.8 Å². The van der Waals surface area contributed by atoms with Gasteiger partial charge in [0.2, 0.25) is 0 Å². The van der Waals surface area contributed by atoms with Crippen LogP contribution in [0.25, 0.3) is 0 Å². The van der Waals surface area contributed by atoms with E-state index in [0.29, 0.717) is 6.42 Å². The van der Waals surface area contributed by atoms with Crippen LogP contribution in [0, 0.1) is 0 Å². The van der Waals surface area contributed by atoms with Crippen molar-refractivity contribution in [2.24, 2.45) is 0 Å². The molecule has 0 bridgehead atoms. The van der Waals surface area contributed by atoms with Gasteiger partial charge in [-0.15, -0.1) is 0 Å². The molecule has 0 aromatic rings. The summed E-state index contributed by atoms with van der Waals surface area (Å²) in [7, 11) is -4.38. The highest BCUT2D eigenvalue weighted by atomic mass is 32.2. The average Bonchev–Trinajstić information content (AvgIpc) is 1.99. The van der Waals surface area contributed by atoms with Crippen LogP contribution in [0.15, 0.2) is 34.8 Å². The first-order chi connectivity index (χ1) is 6.80. The molecule has 0 unspecified atom stereocenters. The Morgan fingerprint density at radius 3 is 2.53 bits per heavy atom. The summed E-state index contributed by atoms with van der Waals surface area (Å²) >= 11 is 0. The summed E-state index contributed by atoms with van der Waals surface area (Å²) in [6, 6.07) is 0. The zero-order valence-corrected chi connectivity index (χ0v) is 9.17. The molecule has 1 N–H and O–H groups in total. The van der Waals surface area contributed by atoms with Gasteiger partial charge in [0.15, 0.2) is 5.78 Å². The lowest BCUT2D eigenvalue weighted by Crippen LogP contribution is -2.15. The topological polar surface area (TPSA) is 71.4 Å². The fourth-order valence-electron chi connectivity index (χ4n) is 1.38. The summed E-state index contributed by atoms with van der Waals surface area (Å²) in [6.45, 7) is 5.53. The molecule has 1 rings (SSSR count). The third-order valence-corrected chi connectivity index (χ3v) is 2.86. The first kappa shape index (κ1) is 11.9. The van der Waals surface area contributed by atoms with Crippen LogP contribution in [0.2, 0.25) is 0 Å². The molecule has 1 aliphatic rings. The summed E-state index contributed by atoms with van der Waals surface area (Å²) in [5.74, 6) is -0.573. The van der Waals surface area contributed by atoms with E-state index in [1.54, 1.807) is 6.08 Å². The molecular formula is C10H12O4S. The second-order valence-electron chi connectivity index (χ2n) is 3.56. The van der Waals surface area contributed by atoms with Gasteiger partial charge >= 0.3 is 0 Å². The van der Waals surface area contributed by atoms with Crippen LogP contribution in [0.5, 0.6) is 0 Å². The molecule has 5 heteroatoms. The molecule has 0 radical (unpaired) electrons. The van der Waals surface area contributed by atoms with Gasteiger partial charge in [-0.05, 0) is 19.4 Å². The number of hydrogen-bond acceptors (Lipinski definition) is 3. The van der Waals surface area contributed by atoms with Crippen molar-refractivity contribution in [2.75, 3.05) is 0 Å². The zero-order chi connectivity index (χ0) is 11.6. The Bertz CT molecular complexity index is 466. The van der Waals surface area contributed by atoms with E-state index in [1.807, 2.05) is 6.92 Å². The summed E-state index contributed by atoms with van der Waals surface area (Å²) < 4.78 is 30.2. The largest absolute Gasteiger partial charge is 0.298 e. The van der Waals surface area contributed by atoms with Crippen LogP contribution in [0.3, 0.4) is 0 Å². The first-order valence-corrected chi connectivity index (χ1v) is 5.79. The van der Waals surface area contributed by atoms with Gasteiger partial charge in [0.25, 0.3) is 10.1 Å². The van der Waals surface area contributed by atoms with E-state index >= 15 is 0 Å². The summed E-state index contributed by atoms with van der Waals surface area (Å²) in [4.78, 5) is 10.8. The van der Waals surface area contributed by atoms with Crippen molar-refractivity contribution in [3.8, 4) is 0 Å². The van der Waals surface area contributed by atoms with E-state index in [9.17, 15) is 13.2 Å². The lowest BCUT2D eigenvalue weighted by molar-refractivity contribution is -0.114. The van der Waals surface area contributed by atoms with Crippen molar-refractivity contribution >= 4 is 15.9 Å². The van der Waals surface area contributed by atoms with E-state index < -0.39 is 20.8 Å². The number of ketones is 1. The second kappa shape index (κ2) is 4.12. The van der Waals surface area contributed by atoms with E-state index in [-0.39, 0.29) is 6.42 Å². The molecule has 0 saturated heterocycles. The maximum Gasteiger partial charge on any atom is 0.298 e. The molecule has 0 spiro atoms. The molecule has 0 aromatic heterocycles. The van der Waals surface area contributed by atoms with Crippen LogP contribution >= 0.6 is 0 Å². The van der Waals surface area contributed by atoms with Gasteiger partial charge in [-0.1, -0.05) is 23.8 Å². The van der Waals surface area contributed by atoms with Gasteiger partial charge in [-0.2, -0.15) is 8.42 Å². The van der Waals surface area contributed by atoms with Gasteiger partial charge in [-0.25, -0.2) is 0 Å². The number of Topliss-reactive ketones (excluding diaryl/α,β-unsaturated/α-hetero) is 1. The quantitative estimate of drug-likeness (QED) is 0.588. The van der Waals surface area contributed by atoms with Crippen LogP contribution in [0.4, 0.5) is 0 Å². The first-order valence-electron chi connectivity index (χ1n) is 4.35. The number of carbonyl (C=O) groups excluding carboxylic acids is 1. The summed E-state index contributed by atoms with van der Waals surface area (Å²) in [5, 5.41) is 0. The van der Waals surface area contributed by atoms with E-state index in [4.69, 9.17) is 4.55 Å². The van der Waals surface area contributed by atoms with Crippen LogP contribution < -0.4 is 0 Å². The fraction of sp³-hybridized carbons (Fsp3) is 0.300. The smallest absolute Gasteiger partial charge is 0.293 e. The number of hydrogen-bond donors (Lipinski definition) is 1. The number of rotatable bonds is 3. The van der Waals surface area contributed by atoms with Crippen molar-refractivity contribution in [1.82, 2.24) is 0 Å². The Kier molecular flexibility index (Phi) is 3.26. The Balaban J connectivity index is 2.99.